The number of hydrogen-bond acceptors (Lipinski definition) is 1. The lowest BCUT2D eigenvalue weighted by atomic mass is 10.1. The molecule has 0 bridgehead atoms. The molecule has 1 aromatic heterocycles. The molecule has 82 valence electrons. The van der Waals surface area contributed by atoms with Crippen molar-refractivity contribution in [1.29, 1.82) is 0 Å². The Morgan fingerprint density at radius 3 is 3.06 bits per heavy atom. The molecule has 0 aliphatic heterocycles. The minimum absolute atomic E-state index is 0.558. The van der Waals surface area contributed by atoms with Gasteiger partial charge in [-0.2, -0.15) is 5.10 Å². The largest absolute Gasteiger partial charge is 0.236 e. The maximum atomic E-state index is 6.24. The van der Waals surface area contributed by atoms with E-state index in [1.807, 2.05) is 29.7 Å². The summed E-state index contributed by atoms with van der Waals surface area (Å²) in [7, 11) is 0. The van der Waals surface area contributed by atoms with Crippen LogP contribution in [-0.2, 0) is 0 Å². The number of fused-ring (bicyclic) bond motifs is 1. The van der Waals surface area contributed by atoms with E-state index in [1.54, 1.807) is 0 Å². The third-order valence-electron chi connectivity index (χ3n) is 2.11. The normalized spacial score (nSPS) is 10.9. The van der Waals surface area contributed by atoms with Gasteiger partial charge < -0.3 is 0 Å². The van der Waals surface area contributed by atoms with Crippen LogP contribution in [0, 0.1) is 11.8 Å². The zero-order valence-electron chi connectivity index (χ0n) is 8.59. The van der Waals surface area contributed by atoms with Crippen molar-refractivity contribution in [3.63, 3.8) is 0 Å². The highest BCUT2D eigenvalue weighted by Crippen LogP contribution is 2.33. The molecule has 2 rings (SSSR count). The van der Waals surface area contributed by atoms with E-state index in [1.165, 1.54) is 0 Å². The first-order chi connectivity index (χ1) is 7.76. The van der Waals surface area contributed by atoms with Crippen LogP contribution in [-0.4, -0.2) is 9.55 Å². The molecule has 0 aliphatic carbocycles. The van der Waals surface area contributed by atoms with Crippen LogP contribution in [0.3, 0.4) is 0 Å². The van der Waals surface area contributed by atoms with E-state index in [-0.39, 0.29) is 0 Å². The van der Waals surface area contributed by atoms with E-state index in [2.05, 4.69) is 39.0 Å². The van der Waals surface area contributed by atoms with Gasteiger partial charge in [-0.3, -0.25) is 0 Å². The van der Waals surface area contributed by atoms with Gasteiger partial charge >= 0.3 is 0 Å². The molecule has 0 saturated heterocycles. The summed E-state index contributed by atoms with van der Waals surface area (Å²) in [5, 5.41) is 6.06. The van der Waals surface area contributed by atoms with E-state index in [9.17, 15) is 0 Å². The average Bonchev–Trinajstić information content (AvgIpc) is 2.69. The Labute approximate surface area is 114 Å². The first-order valence-corrected chi connectivity index (χ1v) is 9.23. The molecule has 2 nitrogen and oxygen atoms in total. The molecule has 1 atom stereocenters. The molecule has 16 heavy (non-hydrogen) atoms. The molecule has 0 N–H and O–H groups in total. The van der Waals surface area contributed by atoms with Gasteiger partial charge in [0.15, 0.2) is 0 Å². The second kappa shape index (κ2) is 5.35. The zero-order valence-corrected chi connectivity index (χ0v) is 12.5. The fourth-order valence-electron chi connectivity index (χ4n) is 1.45. The first kappa shape index (κ1) is 12.2. The molecular weight excluding hydrogens is 353 g/mol. The van der Waals surface area contributed by atoms with Crippen molar-refractivity contribution in [2.24, 2.45) is 0 Å². The Kier molecular flexibility index (Phi) is 4.07. The molecule has 0 fully saturated rings. The molecule has 0 radical (unpaired) electrons. The summed E-state index contributed by atoms with van der Waals surface area (Å²) < 4.78 is 1.91. The standard InChI is InChI=1S/C11H9ClIN2P/c1-2-3-4-8-5-9-7-14-15(16-13)11(9)10(12)6-8/h5-7,16H,2H2,1H3. The highest BCUT2D eigenvalue weighted by molar-refractivity contribution is 14.2. The van der Waals surface area contributed by atoms with Crippen molar-refractivity contribution >= 4 is 50.9 Å². The van der Waals surface area contributed by atoms with Crippen molar-refractivity contribution in [2.75, 3.05) is 0 Å². The molecular formula is C11H9ClIN2P. The van der Waals surface area contributed by atoms with Crippen LogP contribution >= 0.6 is 40.0 Å². The SMILES string of the molecule is CCC#Cc1cc(Cl)c2c(cnn2PI)c1. The van der Waals surface area contributed by atoms with Crippen LogP contribution in [0.2, 0.25) is 5.02 Å². The summed E-state index contributed by atoms with van der Waals surface area (Å²) in [5.74, 6) is 6.13. The third kappa shape index (κ3) is 2.34. The van der Waals surface area contributed by atoms with Gasteiger partial charge in [-0.25, -0.2) is 4.45 Å². The highest BCUT2D eigenvalue weighted by Gasteiger charge is 2.07. The minimum atomic E-state index is 0.558. The van der Waals surface area contributed by atoms with E-state index in [0.717, 1.165) is 27.9 Å². The molecule has 0 saturated carbocycles. The lowest BCUT2D eigenvalue weighted by Gasteiger charge is -2.00. The van der Waals surface area contributed by atoms with Gasteiger partial charge in [0.2, 0.25) is 0 Å². The molecule has 0 aliphatic rings. The van der Waals surface area contributed by atoms with Gasteiger partial charge in [0.25, 0.3) is 0 Å². The van der Waals surface area contributed by atoms with Crippen LogP contribution in [0.1, 0.15) is 18.9 Å². The van der Waals surface area contributed by atoms with Gasteiger partial charge in [0.1, 0.15) is 0 Å². The topological polar surface area (TPSA) is 17.8 Å². The van der Waals surface area contributed by atoms with Gasteiger partial charge in [-0.05, 0) is 34.2 Å². The number of nitrogens with zero attached hydrogens (tertiary/aromatic N) is 2. The average molecular weight is 363 g/mol. The van der Waals surface area contributed by atoms with Gasteiger partial charge in [0.05, 0.1) is 23.1 Å². The summed E-state index contributed by atoms with van der Waals surface area (Å²) >= 11 is 8.53. The Hall–Kier alpha value is -0.300. The van der Waals surface area contributed by atoms with E-state index in [4.69, 9.17) is 11.6 Å². The van der Waals surface area contributed by atoms with Gasteiger partial charge in [0, 0.05) is 17.4 Å². The monoisotopic (exact) mass is 362 g/mol. The van der Waals surface area contributed by atoms with Crippen molar-refractivity contribution in [3.8, 4) is 11.8 Å². The van der Waals surface area contributed by atoms with Crippen LogP contribution < -0.4 is 0 Å². The molecule has 0 amide bonds. The van der Waals surface area contributed by atoms with E-state index in [0.29, 0.717) is 6.37 Å². The summed E-state index contributed by atoms with van der Waals surface area (Å²) in [4.78, 5) is 0. The quantitative estimate of drug-likeness (QED) is 0.421. The number of halogens is 2. The number of rotatable bonds is 1. The van der Waals surface area contributed by atoms with Crippen molar-refractivity contribution < 1.29 is 0 Å². The Bertz CT molecular complexity index is 583. The van der Waals surface area contributed by atoms with Crippen molar-refractivity contribution in [3.05, 3.63) is 28.9 Å². The predicted molar refractivity (Wildman–Crippen MR) is 79.6 cm³/mol. The fourth-order valence-corrected chi connectivity index (χ4v) is 3.36. The molecule has 2 aromatic rings. The van der Waals surface area contributed by atoms with E-state index < -0.39 is 0 Å². The molecule has 1 heterocycles. The second-order valence-electron chi connectivity index (χ2n) is 3.19. The Balaban J connectivity index is 2.60. The summed E-state index contributed by atoms with van der Waals surface area (Å²) in [6.07, 6.45) is 3.25. The maximum absolute atomic E-state index is 6.24. The zero-order chi connectivity index (χ0) is 11.5. The lowest BCUT2D eigenvalue weighted by Crippen LogP contribution is -1.84. The third-order valence-corrected chi connectivity index (χ3v) is 4.26. The summed E-state index contributed by atoms with van der Waals surface area (Å²) in [6.45, 7) is 2.03. The molecule has 1 unspecified atom stereocenters. The Morgan fingerprint density at radius 2 is 2.38 bits per heavy atom. The number of hydrogen-bond donors (Lipinski definition) is 0. The second-order valence-corrected chi connectivity index (χ2v) is 5.64. The molecule has 5 heteroatoms. The maximum Gasteiger partial charge on any atom is 0.0916 e. The molecule has 1 aromatic carbocycles. The first-order valence-electron chi connectivity index (χ1n) is 4.79. The fraction of sp³-hybridized carbons (Fsp3) is 0.182. The smallest absolute Gasteiger partial charge is 0.0916 e. The van der Waals surface area contributed by atoms with Gasteiger partial charge in [-0.15, -0.1) is 0 Å². The summed E-state index contributed by atoms with van der Waals surface area (Å²) in [5.41, 5.74) is 1.95. The lowest BCUT2D eigenvalue weighted by molar-refractivity contribution is 1.04. The highest BCUT2D eigenvalue weighted by atomic mass is 127. The molecule has 0 spiro atoms. The number of aromatic nitrogens is 2. The van der Waals surface area contributed by atoms with E-state index >= 15 is 0 Å². The minimum Gasteiger partial charge on any atom is -0.236 e. The van der Waals surface area contributed by atoms with Gasteiger partial charge in [-0.1, -0.05) is 30.4 Å². The van der Waals surface area contributed by atoms with Crippen LogP contribution in [0.15, 0.2) is 18.3 Å². The van der Waals surface area contributed by atoms with Crippen molar-refractivity contribution in [1.82, 2.24) is 9.55 Å². The van der Waals surface area contributed by atoms with Crippen LogP contribution in [0.4, 0.5) is 0 Å². The predicted octanol–water partition coefficient (Wildman–Crippen LogP) is 4.24. The van der Waals surface area contributed by atoms with Crippen LogP contribution in [0.25, 0.3) is 10.9 Å². The van der Waals surface area contributed by atoms with Crippen molar-refractivity contribution in [2.45, 2.75) is 13.3 Å². The summed E-state index contributed by atoms with van der Waals surface area (Å²) in [6, 6.07) is 3.94. The number of benzene rings is 1. The Morgan fingerprint density at radius 1 is 1.56 bits per heavy atom. The van der Waals surface area contributed by atoms with Crippen LogP contribution in [0.5, 0.6) is 0 Å².